The predicted octanol–water partition coefficient (Wildman–Crippen LogP) is 16.2. The van der Waals surface area contributed by atoms with Crippen molar-refractivity contribution in [3.63, 3.8) is 0 Å². The van der Waals surface area contributed by atoms with Crippen molar-refractivity contribution in [2.75, 3.05) is 6.61 Å². The summed E-state index contributed by atoms with van der Waals surface area (Å²) in [6.45, 7) is 6.34. The summed E-state index contributed by atoms with van der Waals surface area (Å²) in [6, 6.07) is -0.744. The molecule has 0 saturated heterocycles. The molecule has 3 unspecified atom stereocenters. The van der Waals surface area contributed by atoms with Crippen molar-refractivity contribution in [2.24, 2.45) is 0 Å². The molecular formula is C57H101NO5. The molecule has 0 aliphatic rings. The molecule has 0 rings (SSSR count). The molecule has 0 heterocycles. The number of carbonyl (C=O) groups is 2. The van der Waals surface area contributed by atoms with Gasteiger partial charge < -0.3 is 20.3 Å². The average Bonchev–Trinajstić information content (AvgIpc) is 3.28. The molecule has 3 N–H and O–H groups in total. The Hall–Kier alpha value is -2.70. The second-order valence-electron chi connectivity index (χ2n) is 17.9. The number of rotatable bonds is 47. The Morgan fingerprint density at radius 1 is 0.476 bits per heavy atom. The molecule has 364 valence electrons. The Kier molecular flexibility index (Phi) is 48.1. The van der Waals surface area contributed by atoms with E-state index in [1.54, 1.807) is 6.08 Å². The SMILES string of the molecule is CC/C=C\C/C=C\C/C=C\C/C=C\C/C=C\C/C=C\C(CC(=O)NC(CO)C(O)CCCCCCCCCCCCCCCCC)OC(=O)CCCCCCCCCCCCCC. The summed E-state index contributed by atoms with van der Waals surface area (Å²) in [6.07, 6.45) is 64.2. The van der Waals surface area contributed by atoms with E-state index < -0.39 is 18.2 Å². The summed E-state index contributed by atoms with van der Waals surface area (Å²) in [4.78, 5) is 26.1. The monoisotopic (exact) mass is 880 g/mol. The van der Waals surface area contributed by atoms with Crippen molar-refractivity contribution in [3.05, 3.63) is 72.9 Å². The van der Waals surface area contributed by atoms with Crippen LogP contribution in [0.25, 0.3) is 0 Å². The molecule has 0 aromatic heterocycles. The average molecular weight is 880 g/mol. The summed E-state index contributed by atoms with van der Waals surface area (Å²) in [5.41, 5.74) is 0. The zero-order valence-electron chi connectivity index (χ0n) is 41.4. The van der Waals surface area contributed by atoms with E-state index in [1.807, 2.05) is 6.08 Å². The van der Waals surface area contributed by atoms with Gasteiger partial charge in [0.25, 0.3) is 0 Å². The van der Waals surface area contributed by atoms with Gasteiger partial charge in [0.05, 0.1) is 25.2 Å². The molecule has 6 heteroatoms. The number of amides is 1. The predicted molar refractivity (Wildman–Crippen MR) is 273 cm³/mol. The van der Waals surface area contributed by atoms with Crippen LogP contribution in [0.15, 0.2) is 72.9 Å². The summed E-state index contributed by atoms with van der Waals surface area (Å²) < 4.78 is 5.83. The minimum Gasteiger partial charge on any atom is -0.458 e. The third-order valence-electron chi connectivity index (χ3n) is 11.8. The van der Waals surface area contributed by atoms with E-state index in [2.05, 4.69) is 86.8 Å². The Labute approximate surface area is 390 Å². The molecule has 3 atom stereocenters. The maximum absolute atomic E-state index is 13.2. The molecule has 0 fully saturated rings. The zero-order chi connectivity index (χ0) is 45.9. The van der Waals surface area contributed by atoms with Crippen LogP contribution in [0.3, 0.4) is 0 Å². The quantitative estimate of drug-likeness (QED) is 0.0321. The minimum atomic E-state index is -0.821. The van der Waals surface area contributed by atoms with E-state index in [-0.39, 0.29) is 24.9 Å². The number of esters is 1. The van der Waals surface area contributed by atoms with E-state index in [0.717, 1.165) is 70.6 Å². The molecule has 0 aliphatic heterocycles. The van der Waals surface area contributed by atoms with E-state index in [9.17, 15) is 19.8 Å². The molecule has 0 spiro atoms. The number of allylic oxidation sites excluding steroid dienone is 11. The first-order valence-corrected chi connectivity index (χ1v) is 26.7. The number of aliphatic hydroxyl groups excluding tert-OH is 2. The number of nitrogens with one attached hydrogen (secondary N) is 1. The van der Waals surface area contributed by atoms with E-state index >= 15 is 0 Å². The van der Waals surface area contributed by atoms with E-state index in [0.29, 0.717) is 19.3 Å². The second-order valence-corrected chi connectivity index (χ2v) is 17.9. The number of aliphatic hydroxyl groups is 2. The lowest BCUT2D eigenvalue weighted by Gasteiger charge is -2.23. The van der Waals surface area contributed by atoms with Gasteiger partial charge in [0.2, 0.25) is 5.91 Å². The van der Waals surface area contributed by atoms with Crippen molar-refractivity contribution in [3.8, 4) is 0 Å². The lowest BCUT2D eigenvalue weighted by molar-refractivity contribution is -0.148. The Bertz CT molecular complexity index is 1170. The highest BCUT2D eigenvalue weighted by molar-refractivity contribution is 5.78. The smallest absolute Gasteiger partial charge is 0.306 e. The lowest BCUT2D eigenvalue weighted by atomic mass is 10.0. The van der Waals surface area contributed by atoms with E-state index in [4.69, 9.17) is 4.74 Å². The molecule has 0 aliphatic carbocycles. The largest absolute Gasteiger partial charge is 0.458 e. The molecular weight excluding hydrogens is 779 g/mol. The van der Waals surface area contributed by atoms with Gasteiger partial charge in [0.15, 0.2) is 0 Å². The third kappa shape index (κ3) is 45.7. The minimum absolute atomic E-state index is 0.0471. The van der Waals surface area contributed by atoms with Crippen molar-refractivity contribution in [1.29, 1.82) is 0 Å². The van der Waals surface area contributed by atoms with Gasteiger partial charge in [-0.15, -0.1) is 0 Å². The van der Waals surface area contributed by atoms with Gasteiger partial charge in [0.1, 0.15) is 6.10 Å². The highest BCUT2D eigenvalue weighted by Crippen LogP contribution is 2.16. The molecule has 0 radical (unpaired) electrons. The summed E-state index contributed by atoms with van der Waals surface area (Å²) in [7, 11) is 0. The number of carbonyl (C=O) groups excluding carboxylic acids is 2. The standard InChI is InChI=1S/C57H101NO5/c1-4-7-10-13-16-19-22-25-27-28-30-31-33-36-39-42-45-48-53(63-57(62)50-47-44-41-38-35-24-21-18-15-12-9-6-3)51-56(61)58-54(52-59)55(60)49-46-43-40-37-34-32-29-26-23-20-17-14-11-8-5-2/h7,10,16,19,25,27,30-31,36,39,45,48,53-55,59-60H,4-6,8-9,11-15,17-18,20-24,26,28-29,32-35,37-38,40-44,46-47,49-52H2,1-3H3,(H,58,61)/b10-7-,19-16-,27-25-,31-30-,39-36-,48-45-. The van der Waals surface area contributed by atoms with Crippen molar-refractivity contribution in [2.45, 2.75) is 270 Å². The molecule has 0 bridgehead atoms. The first kappa shape index (κ1) is 60.3. The van der Waals surface area contributed by atoms with Gasteiger partial charge in [-0.1, -0.05) is 255 Å². The summed E-state index contributed by atoms with van der Waals surface area (Å²) in [5.74, 6) is -0.626. The number of unbranched alkanes of at least 4 members (excludes halogenated alkanes) is 25. The topological polar surface area (TPSA) is 95.9 Å². The van der Waals surface area contributed by atoms with Gasteiger partial charge in [-0.25, -0.2) is 0 Å². The van der Waals surface area contributed by atoms with Crippen molar-refractivity contribution in [1.82, 2.24) is 5.32 Å². The second kappa shape index (κ2) is 50.3. The number of hydrogen-bond donors (Lipinski definition) is 3. The van der Waals surface area contributed by atoms with E-state index in [1.165, 1.54) is 135 Å². The van der Waals surface area contributed by atoms with Crippen molar-refractivity contribution < 1.29 is 24.5 Å². The molecule has 0 aromatic carbocycles. The first-order chi connectivity index (χ1) is 31.0. The maximum Gasteiger partial charge on any atom is 0.306 e. The van der Waals surface area contributed by atoms with Gasteiger partial charge in [-0.3, -0.25) is 9.59 Å². The highest BCUT2D eigenvalue weighted by Gasteiger charge is 2.23. The Morgan fingerprint density at radius 2 is 0.825 bits per heavy atom. The fourth-order valence-corrected chi connectivity index (χ4v) is 7.78. The lowest BCUT2D eigenvalue weighted by Crippen LogP contribution is -2.46. The summed E-state index contributed by atoms with van der Waals surface area (Å²) in [5, 5.41) is 23.7. The van der Waals surface area contributed by atoms with Gasteiger partial charge in [-0.2, -0.15) is 0 Å². The van der Waals surface area contributed by atoms with Crippen LogP contribution in [0, 0.1) is 0 Å². The number of hydrogen-bond acceptors (Lipinski definition) is 5. The van der Waals surface area contributed by atoms with Crippen molar-refractivity contribution >= 4 is 11.9 Å². The van der Waals surface area contributed by atoms with Crippen LogP contribution in [0.2, 0.25) is 0 Å². The van der Waals surface area contributed by atoms with Gasteiger partial charge in [-0.05, 0) is 57.4 Å². The van der Waals surface area contributed by atoms with Crippen LogP contribution >= 0.6 is 0 Å². The first-order valence-electron chi connectivity index (χ1n) is 26.7. The third-order valence-corrected chi connectivity index (χ3v) is 11.8. The fraction of sp³-hybridized carbons (Fsp3) is 0.754. The molecule has 63 heavy (non-hydrogen) atoms. The molecule has 0 saturated carbocycles. The normalized spacial score (nSPS) is 13.8. The molecule has 1 amide bonds. The Balaban J connectivity index is 4.73. The Morgan fingerprint density at radius 3 is 1.21 bits per heavy atom. The van der Waals surface area contributed by atoms with Crippen LogP contribution in [-0.2, 0) is 14.3 Å². The molecule has 0 aromatic rings. The highest BCUT2D eigenvalue weighted by atomic mass is 16.5. The molecule has 6 nitrogen and oxygen atoms in total. The van der Waals surface area contributed by atoms with Gasteiger partial charge in [0, 0.05) is 6.42 Å². The summed E-state index contributed by atoms with van der Waals surface area (Å²) >= 11 is 0. The zero-order valence-corrected chi connectivity index (χ0v) is 41.4. The van der Waals surface area contributed by atoms with Crippen LogP contribution in [-0.4, -0.2) is 46.9 Å². The van der Waals surface area contributed by atoms with Crippen LogP contribution < -0.4 is 5.32 Å². The van der Waals surface area contributed by atoms with Crippen LogP contribution in [0.5, 0.6) is 0 Å². The van der Waals surface area contributed by atoms with Gasteiger partial charge >= 0.3 is 5.97 Å². The maximum atomic E-state index is 13.2. The number of ether oxygens (including phenoxy) is 1. The fourth-order valence-electron chi connectivity index (χ4n) is 7.78. The van der Waals surface area contributed by atoms with Crippen LogP contribution in [0.4, 0.5) is 0 Å². The van der Waals surface area contributed by atoms with Crippen LogP contribution in [0.1, 0.15) is 252 Å².